The summed E-state index contributed by atoms with van der Waals surface area (Å²) >= 11 is 0. The van der Waals surface area contributed by atoms with Gasteiger partial charge in [0.15, 0.2) is 0 Å². The molecule has 0 aliphatic rings. The van der Waals surface area contributed by atoms with E-state index < -0.39 is 34.0 Å². The van der Waals surface area contributed by atoms with E-state index in [1.807, 2.05) is 13.8 Å². The summed E-state index contributed by atoms with van der Waals surface area (Å²) in [4.78, 5) is 24.5. The molecule has 1 aromatic heterocycles. The van der Waals surface area contributed by atoms with E-state index in [4.69, 9.17) is 9.15 Å². The molecule has 1 atom stereocenters. The second kappa shape index (κ2) is 9.90. The highest BCUT2D eigenvalue weighted by molar-refractivity contribution is 7.89. The van der Waals surface area contributed by atoms with Crippen LogP contribution < -0.4 is 5.32 Å². The quantitative estimate of drug-likeness (QED) is 0.574. The summed E-state index contributed by atoms with van der Waals surface area (Å²) < 4.78 is 37.4. The zero-order valence-corrected chi connectivity index (χ0v) is 18.5. The van der Waals surface area contributed by atoms with Gasteiger partial charge in [0.25, 0.3) is 0 Å². The molecule has 0 aliphatic heterocycles. The highest BCUT2D eigenvalue weighted by Gasteiger charge is 2.32. The Morgan fingerprint density at radius 3 is 2.40 bits per heavy atom. The van der Waals surface area contributed by atoms with Crippen LogP contribution in [0.1, 0.15) is 38.0 Å². The maximum atomic E-state index is 13.2. The Labute approximate surface area is 177 Å². The molecule has 0 radical (unpaired) electrons. The standard InChI is InChI=1S/C21H28N2O6S/c1-5-21(3,13-20(25)28-4)22-19(24)15-23(14-17-7-6-12-29-17)30(26,27)18-10-8-16(2)9-11-18/h6-12H,5,13-15H2,1-4H3,(H,22,24)/t21-/m0/s1. The van der Waals surface area contributed by atoms with Crippen molar-refractivity contribution in [1.82, 2.24) is 9.62 Å². The van der Waals surface area contributed by atoms with Gasteiger partial charge in [-0.05, 0) is 44.5 Å². The van der Waals surface area contributed by atoms with Crippen LogP contribution in [0.3, 0.4) is 0 Å². The number of rotatable bonds is 10. The third-order valence-corrected chi connectivity index (χ3v) is 6.68. The van der Waals surface area contributed by atoms with E-state index in [2.05, 4.69) is 5.32 Å². The number of carbonyl (C=O) groups is 2. The average Bonchev–Trinajstić information content (AvgIpc) is 3.20. The first-order valence-corrected chi connectivity index (χ1v) is 11.0. The lowest BCUT2D eigenvalue weighted by Crippen LogP contribution is -2.51. The molecule has 2 aromatic rings. The van der Waals surface area contributed by atoms with Crippen molar-refractivity contribution in [2.24, 2.45) is 0 Å². The Morgan fingerprint density at radius 1 is 1.20 bits per heavy atom. The fraction of sp³-hybridized carbons (Fsp3) is 0.429. The van der Waals surface area contributed by atoms with Gasteiger partial charge in [-0.25, -0.2) is 8.42 Å². The van der Waals surface area contributed by atoms with Crippen molar-refractivity contribution in [3.05, 3.63) is 54.0 Å². The van der Waals surface area contributed by atoms with E-state index >= 15 is 0 Å². The Balaban J connectivity index is 2.25. The summed E-state index contributed by atoms with van der Waals surface area (Å²) in [7, 11) is -2.68. The summed E-state index contributed by atoms with van der Waals surface area (Å²) in [5.41, 5.74) is 0.0690. The topological polar surface area (TPSA) is 106 Å². The number of methoxy groups -OCH3 is 1. The highest BCUT2D eigenvalue weighted by Crippen LogP contribution is 2.20. The number of hydrogen-bond acceptors (Lipinski definition) is 6. The minimum Gasteiger partial charge on any atom is -0.469 e. The molecular weight excluding hydrogens is 408 g/mol. The van der Waals surface area contributed by atoms with E-state index in [1.54, 1.807) is 31.2 Å². The molecule has 164 valence electrons. The first kappa shape index (κ1) is 23.6. The van der Waals surface area contributed by atoms with Crippen LogP contribution in [0, 0.1) is 6.92 Å². The average molecular weight is 437 g/mol. The van der Waals surface area contributed by atoms with E-state index in [0.717, 1.165) is 9.87 Å². The van der Waals surface area contributed by atoms with Gasteiger partial charge in [-0.3, -0.25) is 9.59 Å². The van der Waals surface area contributed by atoms with Crippen LogP contribution in [-0.2, 0) is 30.9 Å². The van der Waals surface area contributed by atoms with Crippen molar-refractivity contribution in [3.8, 4) is 0 Å². The van der Waals surface area contributed by atoms with Gasteiger partial charge >= 0.3 is 5.97 Å². The largest absolute Gasteiger partial charge is 0.469 e. The van der Waals surface area contributed by atoms with Crippen LogP contribution in [0.5, 0.6) is 0 Å². The summed E-state index contributed by atoms with van der Waals surface area (Å²) in [6.45, 7) is 4.88. The van der Waals surface area contributed by atoms with Gasteiger partial charge in [0.05, 0.1) is 37.8 Å². The molecule has 1 amide bonds. The first-order chi connectivity index (χ1) is 14.1. The zero-order chi connectivity index (χ0) is 22.4. The molecular formula is C21H28N2O6S. The van der Waals surface area contributed by atoms with Crippen molar-refractivity contribution >= 4 is 21.9 Å². The number of carbonyl (C=O) groups excluding carboxylic acids is 2. The van der Waals surface area contributed by atoms with Crippen LogP contribution in [0.15, 0.2) is 52.0 Å². The van der Waals surface area contributed by atoms with Crippen molar-refractivity contribution in [2.75, 3.05) is 13.7 Å². The number of furan rings is 1. The summed E-state index contributed by atoms with van der Waals surface area (Å²) in [5, 5.41) is 2.77. The molecule has 0 spiro atoms. The Hall–Kier alpha value is -2.65. The normalized spacial score (nSPS) is 13.6. The second-order valence-corrected chi connectivity index (χ2v) is 9.32. The lowest BCUT2D eigenvalue weighted by atomic mass is 9.94. The summed E-state index contributed by atoms with van der Waals surface area (Å²) in [6.07, 6.45) is 1.89. The number of benzene rings is 1. The highest BCUT2D eigenvalue weighted by atomic mass is 32.2. The number of hydrogen-bond donors (Lipinski definition) is 1. The van der Waals surface area contributed by atoms with Crippen molar-refractivity contribution in [3.63, 3.8) is 0 Å². The molecule has 8 nitrogen and oxygen atoms in total. The van der Waals surface area contributed by atoms with Crippen LogP contribution >= 0.6 is 0 Å². The van der Waals surface area contributed by atoms with Crippen LogP contribution in [-0.4, -0.2) is 43.8 Å². The Kier molecular flexibility index (Phi) is 7.80. The molecule has 1 heterocycles. The number of sulfonamides is 1. The maximum Gasteiger partial charge on any atom is 0.307 e. The predicted octanol–water partition coefficient (Wildman–Crippen LogP) is 2.63. The van der Waals surface area contributed by atoms with E-state index in [-0.39, 0.29) is 17.9 Å². The Bertz CT molecular complexity index is 954. The van der Waals surface area contributed by atoms with Gasteiger partial charge < -0.3 is 14.5 Å². The monoisotopic (exact) mass is 436 g/mol. The molecule has 9 heteroatoms. The van der Waals surface area contributed by atoms with E-state index in [9.17, 15) is 18.0 Å². The van der Waals surface area contributed by atoms with Gasteiger partial charge in [0.1, 0.15) is 5.76 Å². The van der Waals surface area contributed by atoms with Gasteiger partial charge in [-0.1, -0.05) is 24.6 Å². The smallest absolute Gasteiger partial charge is 0.307 e. The van der Waals surface area contributed by atoms with Crippen molar-refractivity contribution in [1.29, 1.82) is 0 Å². The van der Waals surface area contributed by atoms with Gasteiger partial charge in [-0.15, -0.1) is 0 Å². The number of aryl methyl sites for hydroxylation is 1. The maximum absolute atomic E-state index is 13.2. The molecule has 30 heavy (non-hydrogen) atoms. The molecule has 1 N–H and O–H groups in total. The lowest BCUT2D eigenvalue weighted by molar-refractivity contribution is -0.142. The van der Waals surface area contributed by atoms with Crippen molar-refractivity contribution < 1.29 is 27.2 Å². The number of amides is 1. The molecule has 2 rings (SSSR count). The first-order valence-electron chi connectivity index (χ1n) is 9.56. The molecule has 0 saturated heterocycles. The van der Waals surface area contributed by atoms with Crippen LogP contribution in [0.4, 0.5) is 0 Å². The third kappa shape index (κ3) is 6.17. The zero-order valence-electron chi connectivity index (χ0n) is 17.7. The molecule has 0 aliphatic carbocycles. The molecule has 0 saturated carbocycles. The second-order valence-electron chi connectivity index (χ2n) is 7.38. The number of esters is 1. The van der Waals surface area contributed by atoms with Gasteiger partial charge in [0, 0.05) is 5.54 Å². The SMILES string of the molecule is CC[C@@](C)(CC(=O)OC)NC(=O)CN(Cc1ccco1)S(=O)(=O)c1ccc(C)cc1. The molecule has 0 bridgehead atoms. The number of nitrogens with one attached hydrogen (secondary N) is 1. The van der Waals surface area contributed by atoms with E-state index in [1.165, 1.54) is 25.5 Å². The van der Waals surface area contributed by atoms with E-state index in [0.29, 0.717) is 12.2 Å². The predicted molar refractivity (Wildman–Crippen MR) is 111 cm³/mol. The van der Waals surface area contributed by atoms with Crippen LogP contribution in [0.2, 0.25) is 0 Å². The molecule has 0 fully saturated rings. The number of nitrogens with zero attached hydrogens (tertiary/aromatic N) is 1. The Morgan fingerprint density at radius 2 is 1.87 bits per heavy atom. The minimum absolute atomic E-state index is 0.0192. The van der Waals surface area contributed by atoms with Crippen molar-refractivity contribution in [2.45, 2.75) is 50.6 Å². The third-order valence-electron chi connectivity index (χ3n) is 4.87. The number of ether oxygens (including phenoxy) is 1. The van der Waals surface area contributed by atoms with Gasteiger partial charge in [0.2, 0.25) is 15.9 Å². The lowest BCUT2D eigenvalue weighted by Gasteiger charge is -2.30. The fourth-order valence-corrected chi connectivity index (χ4v) is 4.21. The molecule has 0 unspecified atom stereocenters. The summed E-state index contributed by atoms with van der Waals surface area (Å²) in [6, 6.07) is 9.70. The molecule has 1 aromatic carbocycles. The fourth-order valence-electron chi connectivity index (χ4n) is 2.85. The summed E-state index contributed by atoms with van der Waals surface area (Å²) in [5.74, 6) is -0.573. The van der Waals surface area contributed by atoms with Gasteiger partial charge in [-0.2, -0.15) is 4.31 Å². The minimum atomic E-state index is -3.96. The van der Waals surface area contributed by atoms with Crippen LogP contribution in [0.25, 0.3) is 0 Å².